The Morgan fingerprint density at radius 3 is 2.75 bits per heavy atom. The number of hydrogen-bond donors (Lipinski definition) is 2. The van der Waals surface area contributed by atoms with Gasteiger partial charge in [0.05, 0.1) is 7.11 Å². The van der Waals surface area contributed by atoms with Gasteiger partial charge in [-0.3, -0.25) is 4.79 Å². The molecule has 0 unspecified atom stereocenters. The molecule has 0 aliphatic carbocycles. The second kappa shape index (κ2) is 6.01. The number of hydrogen-bond acceptors (Lipinski definition) is 4. The first-order valence-electron chi connectivity index (χ1n) is 5.92. The van der Waals surface area contributed by atoms with E-state index in [0.29, 0.717) is 17.1 Å². The van der Waals surface area contributed by atoms with E-state index in [1.165, 1.54) is 25.4 Å². The predicted molar refractivity (Wildman–Crippen MR) is 74.7 cm³/mol. The predicted octanol–water partition coefficient (Wildman–Crippen LogP) is 2.52. The van der Waals surface area contributed by atoms with Crippen LogP contribution in [0, 0.1) is 5.82 Å². The summed E-state index contributed by atoms with van der Waals surface area (Å²) in [6.07, 6.45) is 1.52. The largest absolute Gasteiger partial charge is 0.494 e. The van der Waals surface area contributed by atoms with E-state index in [1.54, 1.807) is 25.2 Å². The van der Waals surface area contributed by atoms with Crippen LogP contribution in [0.4, 0.5) is 15.9 Å². The first-order valence-corrected chi connectivity index (χ1v) is 5.92. The lowest BCUT2D eigenvalue weighted by Crippen LogP contribution is -2.12. The van der Waals surface area contributed by atoms with Gasteiger partial charge < -0.3 is 15.4 Å². The van der Waals surface area contributed by atoms with Gasteiger partial charge in [0.2, 0.25) is 0 Å². The molecule has 5 nitrogen and oxygen atoms in total. The zero-order valence-electron chi connectivity index (χ0n) is 11.1. The van der Waals surface area contributed by atoms with Crippen molar-refractivity contribution in [1.82, 2.24) is 4.98 Å². The van der Waals surface area contributed by atoms with Crippen molar-refractivity contribution in [1.29, 1.82) is 0 Å². The summed E-state index contributed by atoms with van der Waals surface area (Å²) in [7, 11) is 3.09. The van der Waals surface area contributed by atoms with Crippen LogP contribution in [-0.4, -0.2) is 25.0 Å². The second-order valence-electron chi connectivity index (χ2n) is 3.98. The summed E-state index contributed by atoms with van der Waals surface area (Å²) in [4.78, 5) is 16.0. The molecule has 0 bridgehead atoms. The lowest BCUT2D eigenvalue weighted by molar-refractivity contribution is 0.102. The van der Waals surface area contributed by atoms with Crippen molar-refractivity contribution in [3.63, 3.8) is 0 Å². The summed E-state index contributed by atoms with van der Waals surface area (Å²) in [5.74, 6) is -0.160. The molecule has 0 aliphatic rings. The third-order valence-corrected chi connectivity index (χ3v) is 2.69. The van der Waals surface area contributed by atoms with Gasteiger partial charge in [0.15, 0.2) is 11.6 Å². The van der Waals surface area contributed by atoms with Crippen LogP contribution in [0.3, 0.4) is 0 Å². The topological polar surface area (TPSA) is 63.2 Å². The molecule has 1 heterocycles. The highest BCUT2D eigenvalue weighted by molar-refractivity contribution is 6.04. The number of anilines is 2. The van der Waals surface area contributed by atoms with E-state index in [4.69, 9.17) is 4.74 Å². The molecule has 0 saturated carbocycles. The Labute approximate surface area is 115 Å². The molecule has 6 heteroatoms. The number of carbonyl (C=O) groups is 1. The van der Waals surface area contributed by atoms with E-state index in [-0.39, 0.29) is 11.7 Å². The minimum absolute atomic E-state index is 0.129. The van der Waals surface area contributed by atoms with Gasteiger partial charge in [-0.05, 0) is 24.3 Å². The molecule has 2 rings (SSSR count). The SMILES string of the molecule is CNc1cc(C(=O)Nc2ccc(OC)c(F)c2)ccn1. The molecule has 0 fully saturated rings. The van der Waals surface area contributed by atoms with Crippen LogP contribution in [-0.2, 0) is 0 Å². The van der Waals surface area contributed by atoms with E-state index in [0.717, 1.165) is 0 Å². The molecule has 0 atom stereocenters. The van der Waals surface area contributed by atoms with Crippen LogP contribution in [0.2, 0.25) is 0 Å². The Hall–Kier alpha value is -2.63. The number of benzene rings is 1. The van der Waals surface area contributed by atoms with Crippen molar-refractivity contribution in [2.75, 3.05) is 24.8 Å². The van der Waals surface area contributed by atoms with Crippen molar-refractivity contribution >= 4 is 17.4 Å². The molecule has 2 N–H and O–H groups in total. The summed E-state index contributed by atoms with van der Waals surface area (Å²) in [6, 6.07) is 7.42. The second-order valence-corrected chi connectivity index (χ2v) is 3.98. The molecular formula is C14H14FN3O2. The average Bonchev–Trinajstić information content (AvgIpc) is 2.47. The zero-order chi connectivity index (χ0) is 14.5. The standard InChI is InChI=1S/C14H14FN3O2/c1-16-13-7-9(5-6-17-13)14(19)18-10-3-4-12(20-2)11(15)8-10/h3-8H,1-2H3,(H,16,17)(H,18,19). The molecule has 0 radical (unpaired) electrons. The Kier molecular flexibility index (Phi) is 4.14. The van der Waals surface area contributed by atoms with Crippen molar-refractivity contribution in [2.24, 2.45) is 0 Å². The smallest absolute Gasteiger partial charge is 0.255 e. The number of amides is 1. The molecule has 2 aromatic rings. The van der Waals surface area contributed by atoms with Gasteiger partial charge in [0.25, 0.3) is 5.91 Å². The first-order chi connectivity index (χ1) is 9.63. The molecule has 1 aromatic heterocycles. The fourth-order valence-electron chi connectivity index (χ4n) is 1.66. The highest BCUT2D eigenvalue weighted by atomic mass is 19.1. The molecule has 0 aliphatic heterocycles. The molecule has 0 spiro atoms. The van der Waals surface area contributed by atoms with Crippen molar-refractivity contribution < 1.29 is 13.9 Å². The van der Waals surface area contributed by atoms with Crippen LogP contribution < -0.4 is 15.4 Å². The minimum atomic E-state index is -0.532. The highest BCUT2D eigenvalue weighted by Crippen LogP contribution is 2.21. The summed E-state index contributed by atoms with van der Waals surface area (Å²) in [5, 5.41) is 5.45. The van der Waals surface area contributed by atoms with E-state index in [1.807, 2.05) is 0 Å². The van der Waals surface area contributed by atoms with Crippen molar-refractivity contribution in [3.8, 4) is 5.75 Å². The summed E-state index contributed by atoms with van der Waals surface area (Å²) in [5.41, 5.74) is 0.789. The van der Waals surface area contributed by atoms with E-state index >= 15 is 0 Å². The van der Waals surface area contributed by atoms with Crippen LogP contribution in [0.15, 0.2) is 36.5 Å². The van der Waals surface area contributed by atoms with Crippen LogP contribution in [0.5, 0.6) is 5.75 Å². The maximum atomic E-state index is 13.5. The van der Waals surface area contributed by atoms with Gasteiger partial charge in [-0.15, -0.1) is 0 Å². The Morgan fingerprint density at radius 1 is 1.30 bits per heavy atom. The van der Waals surface area contributed by atoms with Crippen molar-refractivity contribution in [2.45, 2.75) is 0 Å². The zero-order valence-corrected chi connectivity index (χ0v) is 11.1. The van der Waals surface area contributed by atoms with Gasteiger partial charge in [0, 0.05) is 30.6 Å². The maximum absolute atomic E-state index is 13.5. The number of halogens is 1. The molecule has 20 heavy (non-hydrogen) atoms. The molecular weight excluding hydrogens is 261 g/mol. The summed E-state index contributed by atoms with van der Waals surface area (Å²) in [6.45, 7) is 0. The average molecular weight is 275 g/mol. The number of pyridine rings is 1. The maximum Gasteiger partial charge on any atom is 0.255 e. The molecule has 104 valence electrons. The Bertz CT molecular complexity index is 632. The number of nitrogens with one attached hydrogen (secondary N) is 2. The number of nitrogens with zero attached hydrogens (tertiary/aromatic N) is 1. The quantitative estimate of drug-likeness (QED) is 0.900. The normalized spacial score (nSPS) is 9.95. The number of aromatic nitrogens is 1. The molecule has 0 saturated heterocycles. The van der Waals surface area contributed by atoms with Gasteiger partial charge in [0.1, 0.15) is 5.82 Å². The monoisotopic (exact) mass is 275 g/mol. The highest BCUT2D eigenvalue weighted by Gasteiger charge is 2.09. The lowest BCUT2D eigenvalue weighted by atomic mass is 10.2. The van der Waals surface area contributed by atoms with Gasteiger partial charge >= 0.3 is 0 Å². The van der Waals surface area contributed by atoms with Gasteiger partial charge in [-0.25, -0.2) is 9.37 Å². The summed E-state index contributed by atoms with van der Waals surface area (Å²) < 4.78 is 18.3. The van der Waals surface area contributed by atoms with Crippen LogP contribution in [0.25, 0.3) is 0 Å². The summed E-state index contributed by atoms with van der Waals surface area (Å²) >= 11 is 0. The van der Waals surface area contributed by atoms with Crippen LogP contribution in [0.1, 0.15) is 10.4 Å². The molecule has 1 amide bonds. The Morgan fingerprint density at radius 2 is 2.10 bits per heavy atom. The van der Waals surface area contributed by atoms with Crippen LogP contribution >= 0.6 is 0 Å². The number of ether oxygens (including phenoxy) is 1. The third-order valence-electron chi connectivity index (χ3n) is 2.69. The fraction of sp³-hybridized carbons (Fsp3) is 0.143. The minimum Gasteiger partial charge on any atom is -0.494 e. The van der Waals surface area contributed by atoms with E-state index in [2.05, 4.69) is 15.6 Å². The number of carbonyl (C=O) groups excluding carboxylic acids is 1. The van der Waals surface area contributed by atoms with Gasteiger partial charge in [-0.1, -0.05) is 0 Å². The Balaban J connectivity index is 2.16. The van der Waals surface area contributed by atoms with Crippen molar-refractivity contribution in [3.05, 3.63) is 47.9 Å². The van der Waals surface area contributed by atoms with Gasteiger partial charge in [-0.2, -0.15) is 0 Å². The number of rotatable bonds is 4. The first kappa shape index (κ1) is 13.8. The third kappa shape index (κ3) is 3.03. The van der Waals surface area contributed by atoms with E-state index < -0.39 is 5.82 Å². The van der Waals surface area contributed by atoms with E-state index in [9.17, 15) is 9.18 Å². The number of methoxy groups -OCH3 is 1. The fourth-order valence-corrected chi connectivity index (χ4v) is 1.66. The molecule has 1 aromatic carbocycles. The lowest BCUT2D eigenvalue weighted by Gasteiger charge is -2.08.